The van der Waals surface area contributed by atoms with Crippen molar-refractivity contribution in [1.82, 2.24) is 10.2 Å². The SMILES string of the molecule is CCCOCCc1nnc(C(=O)OCC)o1. The molecule has 0 aliphatic rings. The normalized spacial score (nSPS) is 10.4. The van der Waals surface area contributed by atoms with Crippen molar-refractivity contribution in [3.05, 3.63) is 11.8 Å². The average molecular weight is 228 g/mol. The number of hydrogen-bond acceptors (Lipinski definition) is 6. The van der Waals surface area contributed by atoms with Crippen LogP contribution in [-0.2, 0) is 15.9 Å². The zero-order valence-electron chi connectivity index (χ0n) is 9.56. The summed E-state index contributed by atoms with van der Waals surface area (Å²) in [6, 6.07) is 0. The maximum Gasteiger partial charge on any atom is 0.396 e. The van der Waals surface area contributed by atoms with Gasteiger partial charge in [0.05, 0.1) is 13.2 Å². The Morgan fingerprint density at radius 3 is 2.81 bits per heavy atom. The van der Waals surface area contributed by atoms with E-state index in [2.05, 4.69) is 10.2 Å². The Kier molecular flexibility index (Phi) is 5.49. The van der Waals surface area contributed by atoms with Crippen LogP contribution in [0.25, 0.3) is 0 Å². The van der Waals surface area contributed by atoms with Gasteiger partial charge >= 0.3 is 11.9 Å². The summed E-state index contributed by atoms with van der Waals surface area (Å²) < 4.78 is 15.1. The van der Waals surface area contributed by atoms with Gasteiger partial charge in [0.2, 0.25) is 5.89 Å². The third-order valence-corrected chi connectivity index (χ3v) is 1.73. The largest absolute Gasteiger partial charge is 0.459 e. The van der Waals surface area contributed by atoms with E-state index in [9.17, 15) is 4.79 Å². The minimum Gasteiger partial charge on any atom is -0.459 e. The fourth-order valence-corrected chi connectivity index (χ4v) is 1.04. The molecule has 90 valence electrons. The highest BCUT2D eigenvalue weighted by molar-refractivity contribution is 5.83. The molecule has 0 aliphatic carbocycles. The fourth-order valence-electron chi connectivity index (χ4n) is 1.04. The van der Waals surface area contributed by atoms with Crippen LogP contribution in [0.5, 0.6) is 0 Å². The molecule has 0 spiro atoms. The molecule has 0 bridgehead atoms. The number of ether oxygens (including phenoxy) is 2. The first-order valence-corrected chi connectivity index (χ1v) is 5.35. The lowest BCUT2D eigenvalue weighted by atomic mass is 10.4. The van der Waals surface area contributed by atoms with Crippen molar-refractivity contribution in [3.8, 4) is 0 Å². The second-order valence-corrected chi connectivity index (χ2v) is 3.08. The van der Waals surface area contributed by atoms with Crippen LogP contribution in [0.2, 0.25) is 0 Å². The minimum absolute atomic E-state index is 0.104. The first-order valence-electron chi connectivity index (χ1n) is 5.35. The Balaban J connectivity index is 2.36. The number of esters is 1. The van der Waals surface area contributed by atoms with Crippen LogP contribution in [0.1, 0.15) is 36.8 Å². The molecule has 0 saturated heterocycles. The predicted molar refractivity (Wildman–Crippen MR) is 55.1 cm³/mol. The highest BCUT2D eigenvalue weighted by Crippen LogP contribution is 2.02. The Bertz CT molecular complexity index is 324. The Hall–Kier alpha value is -1.43. The van der Waals surface area contributed by atoms with E-state index in [1.807, 2.05) is 6.92 Å². The lowest BCUT2D eigenvalue weighted by Crippen LogP contribution is -2.04. The van der Waals surface area contributed by atoms with Crippen LogP contribution in [0, 0.1) is 0 Å². The molecule has 16 heavy (non-hydrogen) atoms. The van der Waals surface area contributed by atoms with Crippen LogP contribution in [0.4, 0.5) is 0 Å². The van der Waals surface area contributed by atoms with Crippen LogP contribution in [0.3, 0.4) is 0 Å². The molecule has 1 heterocycles. The Morgan fingerprint density at radius 2 is 2.12 bits per heavy atom. The van der Waals surface area contributed by atoms with Gasteiger partial charge in [0, 0.05) is 13.0 Å². The van der Waals surface area contributed by atoms with E-state index in [1.54, 1.807) is 6.92 Å². The standard InChI is InChI=1S/C10H16N2O4/c1-3-6-14-7-5-8-11-12-9(16-8)10(13)15-4-2/h3-7H2,1-2H3. The predicted octanol–water partition coefficient (Wildman–Crippen LogP) is 1.22. The van der Waals surface area contributed by atoms with Crippen molar-refractivity contribution in [2.24, 2.45) is 0 Å². The molecule has 6 nitrogen and oxygen atoms in total. The molecule has 0 saturated carbocycles. The van der Waals surface area contributed by atoms with Crippen LogP contribution >= 0.6 is 0 Å². The van der Waals surface area contributed by atoms with E-state index in [-0.39, 0.29) is 12.5 Å². The molecular weight excluding hydrogens is 212 g/mol. The summed E-state index contributed by atoms with van der Waals surface area (Å²) in [5, 5.41) is 7.31. The molecular formula is C10H16N2O4. The van der Waals surface area contributed by atoms with Gasteiger partial charge in [-0.05, 0) is 13.3 Å². The van der Waals surface area contributed by atoms with Crippen LogP contribution < -0.4 is 0 Å². The average Bonchev–Trinajstić information content (AvgIpc) is 2.73. The summed E-state index contributed by atoms with van der Waals surface area (Å²) in [5.41, 5.74) is 0. The van der Waals surface area contributed by atoms with Gasteiger partial charge in [0.25, 0.3) is 0 Å². The minimum atomic E-state index is -0.587. The van der Waals surface area contributed by atoms with Gasteiger partial charge in [0.1, 0.15) is 0 Å². The van der Waals surface area contributed by atoms with E-state index in [4.69, 9.17) is 13.9 Å². The molecule has 0 N–H and O–H groups in total. The zero-order chi connectivity index (χ0) is 11.8. The van der Waals surface area contributed by atoms with Crippen molar-refractivity contribution in [2.45, 2.75) is 26.7 Å². The molecule has 0 fully saturated rings. The summed E-state index contributed by atoms with van der Waals surface area (Å²) >= 11 is 0. The molecule has 1 aromatic rings. The molecule has 1 rings (SSSR count). The second kappa shape index (κ2) is 6.95. The maximum atomic E-state index is 11.2. The monoisotopic (exact) mass is 228 g/mol. The van der Waals surface area contributed by atoms with Gasteiger partial charge in [-0.25, -0.2) is 4.79 Å². The van der Waals surface area contributed by atoms with Crippen molar-refractivity contribution >= 4 is 5.97 Å². The highest BCUT2D eigenvalue weighted by Gasteiger charge is 2.15. The van der Waals surface area contributed by atoms with Crippen molar-refractivity contribution in [3.63, 3.8) is 0 Å². The van der Waals surface area contributed by atoms with Crippen molar-refractivity contribution < 1.29 is 18.7 Å². The molecule has 1 aromatic heterocycles. The lowest BCUT2D eigenvalue weighted by molar-refractivity contribution is 0.0477. The van der Waals surface area contributed by atoms with E-state index in [0.29, 0.717) is 25.5 Å². The van der Waals surface area contributed by atoms with E-state index >= 15 is 0 Å². The number of carbonyl (C=O) groups is 1. The summed E-state index contributed by atoms with van der Waals surface area (Å²) in [6.45, 7) is 5.26. The number of aromatic nitrogens is 2. The van der Waals surface area contributed by atoms with E-state index in [0.717, 1.165) is 6.42 Å². The number of hydrogen-bond donors (Lipinski definition) is 0. The van der Waals surface area contributed by atoms with Gasteiger partial charge in [-0.15, -0.1) is 10.2 Å². The van der Waals surface area contributed by atoms with Gasteiger partial charge in [-0.1, -0.05) is 6.92 Å². The number of nitrogens with zero attached hydrogens (tertiary/aromatic N) is 2. The van der Waals surface area contributed by atoms with E-state index in [1.165, 1.54) is 0 Å². The summed E-state index contributed by atoms with van der Waals surface area (Å²) in [7, 11) is 0. The van der Waals surface area contributed by atoms with Gasteiger partial charge in [-0.3, -0.25) is 0 Å². The smallest absolute Gasteiger partial charge is 0.396 e. The first kappa shape index (κ1) is 12.6. The summed E-state index contributed by atoms with van der Waals surface area (Å²) in [5.74, 6) is -0.303. The maximum absolute atomic E-state index is 11.2. The first-order chi connectivity index (χ1) is 7.77. The van der Waals surface area contributed by atoms with Gasteiger partial charge in [-0.2, -0.15) is 0 Å². The van der Waals surface area contributed by atoms with Crippen molar-refractivity contribution in [2.75, 3.05) is 19.8 Å². The van der Waals surface area contributed by atoms with Crippen LogP contribution in [-0.4, -0.2) is 36.0 Å². The molecule has 0 aromatic carbocycles. The second-order valence-electron chi connectivity index (χ2n) is 3.08. The Morgan fingerprint density at radius 1 is 1.31 bits per heavy atom. The third-order valence-electron chi connectivity index (χ3n) is 1.73. The molecule has 0 radical (unpaired) electrons. The van der Waals surface area contributed by atoms with E-state index < -0.39 is 5.97 Å². The molecule has 0 unspecified atom stereocenters. The van der Waals surface area contributed by atoms with Crippen LogP contribution in [0.15, 0.2) is 4.42 Å². The highest BCUT2D eigenvalue weighted by atomic mass is 16.5. The number of rotatable bonds is 7. The molecule has 0 amide bonds. The quantitative estimate of drug-likeness (QED) is 0.516. The molecule has 0 aliphatic heterocycles. The third kappa shape index (κ3) is 3.98. The summed E-state index contributed by atoms with van der Waals surface area (Å²) in [6.07, 6.45) is 1.48. The number of carbonyl (C=O) groups excluding carboxylic acids is 1. The van der Waals surface area contributed by atoms with Gasteiger partial charge < -0.3 is 13.9 Å². The van der Waals surface area contributed by atoms with Crippen molar-refractivity contribution in [1.29, 1.82) is 0 Å². The van der Waals surface area contributed by atoms with Gasteiger partial charge in [0.15, 0.2) is 0 Å². The molecule has 6 heteroatoms. The zero-order valence-corrected chi connectivity index (χ0v) is 9.56. The summed E-state index contributed by atoms with van der Waals surface area (Å²) in [4.78, 5) is 11.2. The fraction of sp³-hybridized carbons (Fsp3) is 0.700. The lowest BCUT2D eigenvalue weighted by Gasteiger charge is -1.98. The topological polar surface area (TPSA) is 74.5 Å². The Labute approximate surface area is 93.9 Å². The molecule has 0 atom stereocenters.